The normalized spacial score (nSPS) is 12.0. The zero-order chi connectivity index (χ0) is 32.8. The van der Waals surface area contributed by atoms with Crippen molar-refractivity contribution in [3.63, 3.8) is 0 Å². The van der Waals surface area contributed by atoms with E-state index >= 15 is 0 Å². The van der Waals surface area contributed by atoms with Crippen LogP contribution < -0.4 is 4.90 Å². The highest BCUT2D eigenvalue weighted by molar-refractivity contribution is 7.25. The Balaban J connectivity index is 1.21. The molecular formula is C46H28N2OS. The molecule has 0 amide bonds. The summed E-state index contributed by atoms with van der Waals surface area (Å²) in [6.07, 6.45) is 0. The molecule has 4 heteroatoms. The number of thiophene rings is 1. The number of rotatable bonds is 4. The number of benzene rings is 8. The SMILES string of the molecule is c1ccc(-n2c3ccccc3c3c(N(c4ccc5c(c4)oc4ccc6ccccc6c45)c4ccc5c(c4)sc4ccccc45)cccc32)cc1. The summed E-state index contributed by atoms with van der Waals surface area (Å²) in [5.74, 6) is 0. The fourth-order valence-corrected chi connectivity index (χ4v) is 9.14. The van der Waals surface area contributed by atoms with E-state index in [4.69, 9.17) is 4.42 Å². The molecular weight excluding hydrogens is 629 g/mol. The molecule has 0 aliphatic heterocycles. The summed E-state index contributed by atoms with van der Waals surface area (Å²) in [5, 5.41) is 9.72. The van der Waals surface area contributed by atoms with Gasteiger partial charge in [-0.3, -0.25) is 0 Å². The van der Waals surface area contributed by atoms with Gasteiger partial charge in [-0.05, 0) is 77.5 Å². The lowest BCUT2D eigenvalue weighted by molar-refractivity contribution is 0.669. The number of anilines is 3. The number of aromatic nitrogens is 1. The van der Waals surface area contributed by atoms with E-state index in [1.54, 1.807) is 0 Å². The molecule has 0 radical (unpaired) electrons. The number of para-hydroxylation sites is 2. The highest BCUT2D eigenvalue weighted by Gasteiger charge is 2.23. The molecule has 0 atom stereocenters. The Bertz CT molecular complexity index is 3110. The molecule has 0 aliphatic rings. The molecule has 3 nitrogen and oxygen atoms in total. The molecule has 0 aliphatic carbocycles. The van der Waals surface area contributed by atoms with Gasteiger partial charge in [0.25, 0.3) is 0 Å². The largest absolute Gasteiger partial charge is 0.456 e. The van der Waals surface area contributed by atoms with E-state index in [1.807, 2.05) is 11.3 Å². The van der Waals surface area contributed by atoms with Gasteiger partial charge in [0.1, 0.15) is 11.2 Å². The van der Waals surface area contributed by atoms with Crippen molar-refractivity contribution < 1.29 is 4.42 Å². The number of hydrogen-bond donors (Lipinski definition) is 0. The van der Waals surface area contributed by atoms with E-state index in [2.05, 4.69) is 179 Å². The second kappa shape index (κ2) is 10.6. The van der Waals surface area contributed by atoms with Gasteiger partial charge in [0.2, 0.25) is 0 Å². The fraction of sp³-hybridized carbons (Fsp3) is 0. The maximum Gasteiger partial charge on any atom is 0.137 e. The molecule has 11 rings (SSSR count). The van der Waals surface area contributed by atoms with Gasteiger partial charge in [-0.25, -0.2) is 0 Å². The Hall–Kier alpha value is -6.36. The minimum Gasteiger partial charge on any atom is -0.456 e. The molecule has 0 saturated carbocycles. The second-order valence-corrected chi connectivity index (χ2v) is 14.0. The highest BCUT2D eigenvalue weighted by atomic mass is 32.1. The second-order valence-electron chi connectivity index (χ2n) is 12.9. The first-order valence-corrected chi connectivity index (χ1v) is 17.7. The Kier molecular flexibility index (Phi) is 5.83. The summed E-state index contributed by atoms with van der Waals surface area (Å²) in [6.45, 7) is 0. The van der Waals surface area contributed by atoms with Crippen molar-refractivity contribution in [1.82, 2.24) is 4.57 Å². The van der Waals surface area contributed by atoms with Crippen LogP contribution in [0.15, 0.2) is 174 Å². The van der Waals surface area contributed by atoms with Gasteiger partial charge >= 0.3 is 0 Å². The van der Waals surface area contributed by atoms with Crippen molar-refractivity contribution in [1.29, 1.82) is 0 Å². The minimum absolute atomic E-state index is 0.876. The van der Waals surface area contributed by atoms with E-state index in [0.29, 0.717) is 0 Å². The lowest BCUT2D eigenvalue weighted by Crippen LogP contribution is -2.10. The third-order valence-corrected chi connectivity index (χ3v) is 11.3. The van der Waals surface area contributed by atoms with Crippen molar-refractivity contribution in [2.24, 2.45) is 0 Å². The van der Waals surface area contributed by atoms with Gasteiger partial charge in [-0.1, -0.05) is 97.1 Å². The molecule has 50 heavy (non-hydrogen) atoms. The minimum atomic E-state index is 0.876. The van der Waals surface area contributed by atoms with Gasteiger partial charge in [0.05, 0.1) is 16.7 Å². The summed E-state index contributed by atoms with van der Waals surface area (Å²) in [6, 6.07) is 61.2. The maximum absolute atomic E-state index is 6.62. The Morgan fingerprint density at radius 1 is 0.440 bits per heavy atom. The molecule has 0 unspecified atom stereocenters. The average molecular weight is 657 g/mol. The lowest BCUT2D eigenvalue weighted by Gasteiger charge is -2.26. The third-order valence-electron chi connectivity index (χ3n) is 10.2. The third kappa shape index (κ3) is 3.97. The van der Waals surface area contributed by atoms with Crippen LogP contribution >= 0.6 is 11.3 Å². The highest BCUT2D eigenvalue weighted by Crippen LogP contribution is 2.47. The Labute approximate surface area is 291 Å². The average Bonchev–Trinajstić information content (AvgIpc) is 3.84. The van der Waals surface area contributed by atoms with Gasteiger partial charge in [0.15, 0.2) is 0 Å². The smallest absolute Gasteiger partial charge is 0.137 e. The molecule has 3 aromatic heterocycles. The van der Waals surface area contributed by atoms with Crippen molar-refractivity contribution >= 4 is 103 Å². The summed E-state index contributed by atoms with van der Waals surface area (Å²) in [5.41, 5.74) is 8.54. The zero-order valence-corrected chi connectivity index (χ0v) is 27.7. The summed E-state index contributed by atoms with van der Waals surface area (Å²) < 4.78 is 11.6. The van der Waals surface area contributed by atoms with E-state index in [1.165, 1.54) is 52.8 Å². The number of fused-ring (bicyclic) bond motifs is 11. The molecule has 0 N–H and O–H groups in total. The van der Waals surface area contributed by atoms with Crippen LogP contribution in [-0.4, -0.2) is 4.57 Å². The van der Waals surface area contributed by atoms with Gasteiger partial charge in [0, 0.05) is 64.8 Å². The van der Waals surface area contributed by atoms with Gasteiger partial charge < -0.3 is 13.9 Å². The summed E-state index contributed by atoms with van der Waals surface area (Å²) in [7, 11) is 0. The molecule has 3 heterocycles. The molecule has 8 aromatic carbocycles. The van der Waals surface area contributed by atoms with E-state index < -0.39 is 0 Å². The molecule has 0 bridgehead atoms. The quantitative estimate of drug-likeness (QED) is 0.188. The van der Waals surface area contributed by atoms with Crippen molar-refractivity contribution in [2.45, 2.75) is 0 Å². The van der Waals surface area contributed by atoms with Crippen LogP contribution in [0.3, 0.4) is 0 Å². The van der Waals surface area contributed by atoms with Gasteiger partial charge in [-0.2, -0.15) is 0 Å². The lowest BCUT2D eigenvalue weighted by atomic mass is 10.0. The molecule has 0 fully saturated rings. The predicted molar refractivity (Wildman–Crippen MR) is 213 cm³/mol. The zero-order valence-electron chi connectivity index (χ0n) is 26.9. The van der Waals surface area contributed by atoms with Crippen LogP contribution in [0.5, 0.6) is 0 Å². The number of hydrogen-bond acceptors (Lipinski definition) is 3. The van der Waals surface area contributed by atoms with E-state index in [0.717, 1.165) is 44.7 Å². The van der Waals surface area contributed by atoms with Crippen molar-refractivity contribution in [2.75, 3.05) is 4.90 Å². The number of furan rings is 1. The fourth-order valence-electron chi connectivity index (χ4n) is 8.00. The van der Waals surface area contributed by atoms with Crippen LogP contribution in [-0.2, 0) is 0 Å². The maximum atomic E-state index is 6.62. The first-order valence-electron chi connectivity index (χ1n) is 16.9. The first-order chi connectivity index (χ1) is 24.8. The van der Waals surface area contributed by atoms with Gasteiger partial charge in [-0.15, -0.1) is 11.3 Å². The molecule has 0 spiro atoms. The monoisotopic (exact) mass is 656 g/mol. The molecule has 234 valence electrons. The van der Waals surface area contributed by atoms with E-state index in [9.17, 15) is 0 Å². The van der Waals surface area contributed by atoms with Crippen LogP contribution in [0.4, 0.5) is 17.1 Å². The van der Waals surface area contributed by atoms with E-state index in [-0.39, 0.29) is 0 Å². The van der Waals surface area contributed by atoms with Crippen LogP contribution in [0.1, 0.15) is 0 Å². The molecule has 11 aromatic rings. The van der Waals surface area contributed by atoms with Crippen molar-refractivity contribution in [3.05, 3.63) is 170 Å². The Morgan fingerprint density at radius 3 is 2.04 bits per heavy atom. The van der Waals surface area contributed by atoms with Crippen molar-refractivity contribution in [3.8, 4) is 5.69 Å². The number of nitrogens with zero attached hydrogens (tertiary/aromatic N) is 2. The molecule has 0 saturated heterocycles. The predicted octanol–water partition coefficient (Wildman–Crippen LogP) is 13.7. The van der Waals surface area contributed by atoms with Crippen LogP contribution in [0.2, 0.25) is 0 Å². The topological polar surface area (TPSA) is 21.3 Å². The van der Waals surface area contributed by atoms with Crippen LogP contribution in [0, 0.1) is 0 Å². The van der Waals surface area contributed by atoms with Crippen LogP contribution in [0.25, 0.3) is 80.4 Å². The Morgan fingerprint density at radius 2 is 1.14 bits per heavy atom. The summed E-state index contributed by atoms with van der Waals surface area (Å²) in [4.78, 5) is 2.42. The first kappa shape index (κ1) is 27.6. The standard InChI is InChI=1S/C46H28N2OS/c1-2-12-30(13-3-1)48-38-17-8-6-16-36(38)46-39(18-10-19-40(46)48)47(32-22-24-35-34-15-7-9-20-43(34)50-44(35)28-32)31-23-25-37-42(27-31)49-41-26-21-29-11-4-5-14-33(29)45(37)41/h1-28H. The summed E-state index contributed by atoms with van der Waals surface area (Å²) >= 11 is 1.85.